The normalized spacial score (nSPS) is 13.6. The van der Waals surface area contributed by atoms with Crippen LogP contribution in [0.25, 0.3) is 0 Å². The maximum Gasteiger partial charge on any atom is 0.229 e. The first-order chi connectivity index (χ1) is 17.5. The van der Waals surface area contributed by atoms with E-state index in [9.17, 15) is 4.79 Å². The summed E-state index contributed by atoms with van der Waals surface area (Å²) in [5.41, 5.74) is 6.12. The SMILES string of the molecule is Cc1cccc(CC(=O)Cc2ccc(Nc3nc(C)cc(Nc4cc(C5CCCC5)[nH]n4)n3)cc2)c1. The van der Waals surface area contributed by atoms with Gasteiger partial charge in [0.15, 0.2) is 5.82 Å². The summed E-state index contributed by atoms with van der Waals surface area (Å²) in [4.78, 5) is 21.7. The highest BCUT2D eigenvalue weighted by molar-refractivity contribution is 5.83. The van der Waals surface area contributed by atoms with Gasteiger partial charge in [0.05, 0.1) is 0 Å². The molecule has 0 radical (unpaired) electrons. The summed E-state index contributed by atoms with van der Waals surface area (Å²) >= 11 is 0. The molecule has 7 heteroatoms. The summed E-state index contributed by atoms with van der Waals surface area (Å²) in [7, 11) is 0. The van der Waals surface area contributed by atoms with Crippen molar-refractivity contribution in [1.82, 2.24) is 20.2 Å². The zero-order valence-corrected chi connectivity index (χ0v) is 20.8. The zero-order valence-electron chi connectivity index (χ0n) is 20.8. The number of carbonyl (C=O) groups is 1. The predicted molar refractivity (Wildman–Crippen MR) is 143 cm³/mol. The van der Waals surface area contributed by atoms with Crippen molar-refractivity contribution in [2.45, 2.75) is 58.3 Å². The van der Waals surface area contributed by atoms with E-state index >= 15 is 0 Å². The lowest BCUT2D eigenvalue weighted by atomic mass is 10.0. The summed E-state index contributed by atoms with van der Waals surface area (Å²) in [6, 6.07) is 19.9. The van der Waals surface area contributed by atoms with Crippen molar-refractivity contribution in [2.24, 2.45) is 0 Å². The van der Waals surface area contributed by atoms with Crippen LogP contribution in [-0.2, 0) is 17.6 Å². The molecule has 1 aliphatic carbocycles. The van der Waals surface area contributed by atoms with Crippen LogP contribution in [0.3, 0.4) is 0 Å². The summed E-state index contributed by atoms with van der Waals surface area (Å²) in [5.74, 6) is 2.74. The van der Waals surface area contributed by atoms with Crippen molar-refractivity contribution in [1.29, 1.82) is 0 Å². The number of aromatic nitrogens is 4. The van der Waals surface area contributed by atoms with Crippen molar-refractivity contribution in [3.63, 3.8) is 0 Å². The van der Waals surface area contributed by atoms with E-state index in [1.165, 1.54) is 36.9 Å². The van der Waals surface area contributed by atoms with Crippen LogP contribution in [0.2, 0.25) is 0 Å². The first kappa shape index (κ1) is 23.7. The summed E-state index contributed by atoms with van der Waals surface area (Å²) in [6.07, 6.45) is 5.89. The van der Waals surface area contributed by atoms with Gasteiger partial charge >= 0.3 is 0 Å². The van der Waals surface area contributed by atoms with Gasteiger partial charge in [-0.3, -0.25) is 9.89 Å². The van der Waals surface area contributed by atoms with Crippen LogP contribution in [0.5, 0.6) is 0 Å². The first-order valence-electron chi connectivity index (χ1n) is 12.6. The molecule has 1 saturated carbocycles. The second-order valence-electron chi connectivity index (χ2n) is 9.74. The van der Waals surface area contributed by atoms with Gasteiger partial charge in [-0.2, -0.15) is 10.1 Å². The van der Waals surface area contributed by atoms with E-state index in [0.717, 1.165) is 28.3 Å². The number of benzene rings is 2. The molecule has 0 amide bonds. The van der Waals surface area contributed by atoms with Crippen molar-refractivity contribution in [3.05, 3.63) is 88.7 Å². The topological polar surface area (TPSA) is 95.6 Å². The zero-order chi connectivity index (χ0) is 24.9. The van der Waals surface area contributed by atoms with E-state index in [1.54, 1.807) is 0 Å². The van der Waals surface area contributed by atoms with Crippen molar-refractivity contribution in [2.75, 3.05) is 10.6 Å². The quantitative estimate of drug-likeness (QED) is 0.260. The van der Waals surface area contributed by atoms with Gasteiger partial charge in [0.1, 0.15) is 11.6 Å². The molecule has 0 unspecified atom stereocenters. The van der Waals surface area contributed by atoms with E-state index in [-0.39, 0.29) is 5.78 Å². The Morgan fingerprint density at radius 3 is 2.44 bits per heavy atom. The number of nitrogens with zero attached hydrogens (tertiary/aromatic N) is 3. The highest BCUT2D eigenvalue weighted by Crippen LogP contribution is 2.34. The molecule has 0 bridgehead atoms. The molecule has 2 aromatic carbocycles. The highest BCUT2D eigenvalue weighted by atomic mass is 16.1. The van der Waals surface area contributed by atoms with Gasteiger partial charge in [0.2, 0.25) is 5.95 Å². The van der Waals surface area contributed by atoms with Gasteiger partial charge in [-0.15, -0.1) is 0 Å². The molecule has 1 fully saturated rings. The smallest absolute Gasteiger partial charge is 0.229 e. The largest absolute Gasteiger partial charge is 0.324 e. The molecule has 0 spiro atoms. The molecule has 0 aliphatic heterocycles. The summed E-state index contributed by atoms with van der Waals surface area (Å²) < 4.78 is 0. The Balaban J connectivity index is 1.20. The number of hydrogen-bond donors (Lipinski definition) is 3. The van der Waals surface area contributed by atoms with Gasteiger partial charge in [-0.1, -0.05) is 54.8 Å². The number of hydrogen-bond acceptors (Lipinski definition) is 6. The Bertz CT molecular complexity index is 1340. The summed E-state index contributed by atoms with van der Waals surface area (Å²) in [6.45, 7) is 3.98. The molecule has 2 heterocycles. The standard InChI is InChI=1S/C29H32N6O/c1-19-6-5-7-22(14-19)17-25(36)16-21-10-12-24(13-11-21)31-29-30-20(2)15-27(33-29)32-28-18-26(34-35-28)23-8-3-4-9-23/h5-7,10-15,18,23H,3-4,8-9,16-17H2,1-2H3,(H3,30,31,32,33,34,35). The van der Waals surface area contributed by atoms with Crippen LogP contribution in [0.1, 0.15) is 59.7 Å². The maximum atomic E-state index is 12.5. The average molecular weight is 481 g/mol. The molecule has 7 nitrogen and oxygen atoms in total. The number of H-pyrrole nitrogens is 1. The van der Waals surface area contributed by atoms with E-state index < -0.39 is 0 Å². The molecule has 184 valence electrons. The molecule has 0 saturated heterocycles. The van der Waals surface area contributed by atoms with Gasteiger partial charge < -0.3 is 10.6 Å². The predicted octanol–water partition coefficient (Wildman–Crippen LogP) is 6.32. The third kappa shape index (κ3) is 6.16. The lowest BCUT2D eigenvalue weighted by Crippen LogP contribution is -2.07. The van der Waals surface area contributed by atoms with Crippen LogP contribution in [0.15, 0.2) is 60.7 Å². The monoisotopic (exact) mass is 480 g/mol. The second kappa shape index (κ2) is 10.7. The Kier molecular flexibility index (Phi) is 7.07. The van der Waals surface area contributed by atoms with Gasteiger partial charge in [-0.25, -0.2) is 4.98 Å². The minimum absolute atomic E-state index is 0.202. The van der Waals surface area contributed by atoms with Crippen LogP contribution in [0.4, 0.5) is 23.3 Å². The molecule has 2 aromatic heterocycles. The fourth-order valence-electron chi connectivity index (χ4n) is 4.84. The minimum Gasteiger partial charge on any atom is -0.324 e. The van der Waals surface area contributed by atoms with E-state index in [4.69, 9.17) is 0 Å². The molecular weight excluding hydrogens is 448 g/mol. The average Bonchev–Trinajstić information content (AvgIpc) is 3.52. The number of carbonyl (C=O) groups excluding carboxylic acids is 1. The highest BCUT2D eigenvalue weighted by Gasteiger charge is 2.19. The van der Waals surface area contributed by atoms with Crippen LogP contribution in [0, 0.1) is 13.8 Å². The molecule has 5 rings (SSSR count). The van der Waals surface area contributed by atoms with Crippen molar-refractivity contribution < 1.29 is 4.79 Å². The summed E-state index contributed by atoms with van der Waals surface area (Å²) in [5, 5.41) is 14.2. The first-order valence-corrected chi connectivity index (χ1v) is 12.6. The molecule has 3 N–H and O–H groups in total. The number of Topliss-reactive ketones (excluding diaryl/α,β-unsaturated/α-hetero) is 1. The van der Waals surface area contributed by atoms with Crippen LogP contribution >= 0.6 is 0 Å². The minimum atomic E-state index is 0.202. The molecule has 1 aliphatic rings. The number of rotatable bonds is 9. The van der Waals surface area contributed by atoms with Crippen LogP contribution < -0.4 is 10.6 Å². The number of aromatic amines is 1. The van der Waals surface area contributed by atoms with Crippen molar-refractivity contribution >= 4 is 29.1 Å². The van der Waals surface area contributed by atoms with E-state index in [1.807, 2.05) is 62.4 Å². The number of anilines is 4. The Labute approximate surface area is 211 Å². The maximum absolute atomic E-state index is 12.5. The lowest BCUT2D eigenvalue weighted by Gasteiger charge is -2.09. The molecule has 0 atom stereocenters. The fourth-order valence-corrected chi connectivity index (χ4v) is 4.84. The van der Waals surface area contributed by atoms with Gasteiger partial charge in [0.25, 0.3) is 0 Å². The molecular formula is C29H32N6O. The number of ketones is 1. The molecule has 36 heavy (non-hydrogen) atoms. The van der Waals surface area contributed by atoms with Gasteiger partial charge in [-0.05, 0) is 49.9 Å². The lowest BCUT2D eigenvalue weighted by molar-refractivity contribution is -0.117. The third-order valence-corrected chi connectivity index (χ3v) is 6.60. The Morgan fingerprint density at radius 1 is 0.889 bits per heavy atom. The number of aryl methyl sites for hydroxylation is 2. The van der Waals surface area contributed by atoms with Gasteiger partial charge in [0, 0.05) is 48.0 Å². The van der Waals surface area contributed by atoms with E-state index in [2.05, 4.69) is 42.9 Å². The Hall–Kier alpha value is -4.00. The fraction of sp³-hybridized carbons (Fsp3) is 0.310. The molecule has 4 aromatic rings. The van der Waals surface area contributed by atoms with E-state index in [0.29, 0.717) is 30.5 Å². The van der Waals surface area contributed by atoms with Crippen molar-refractivity contribution in [3.8, 4) is 0 Å². The van der Waals surface area contributed by atoms with Crippen LogP contribution in [-0.4, -0.2) is 25.9 Å². The Morgan fingerprint density at radius 2 is 1.67 bits per heavy atom. The number of nitrogens with one attached hydrogen (secondary N) is 3. The second-order valence-corrected chi connectivity index (χ2v) is 9.74. The third-order valence-electron chi connectivity index (χ3n) is 6.60.